The highest BCUT2D eigenvalue weighted by Gasteiger charge is 2.19. The van der Waals surface area contributed by atoms with E-state index in [0.717, 1.165) is 11.3 Å². The summed E-state index contributed by atoms with van der Waals surface area (Å²) in [5, 5.41) is 9.76. The molecule has 0 spiro atoms. The number of aromatic nitrogens is 2. The zero-order valence-corrected chi connectivity index (χ0v) is 14.9. The molecular formula is C19H23N3O3. The predicted molar refractivity (Wildman–Crippen MR) is 97.3 cm³/mol. The molecule has 0 radical (unpaired) electrons. The maximum Gasteiger partial charge on any atom is 0.330 e. The van der Waals surface area contributed by atoms with E-state index in [4.69, 9.17) is 4.74 Å². The van der Waals surface area contributed by atoms with E-state index in [-0.39, 0.29) is 17.3 Å². The van der Waals surface area contributed by atoms with Crippen molar-refractivity contribution in [2.45, 2.75) is 33.1 Å². The second kappa shape index (κ2) is 7.79. The van der Waals surface area contributed by atoms with Gasteiger partial charge < -0.3 is 10.1 Å². The number of hydrogen-bond donors (Lipinski definition) is 2. The van der Waals surface area contributed by atoms with Crippen molar-refractivity contribution in [3.63, 3.8) is 0 Å². The second-order valence-electron chi connectivity index (χ2n) is 6.58. The molecule has 6 nitrogen and oxygen atoms in total. The van der Waals surface area contributed by atoms with Crippen LogP contribution in [0.4, 0.5) is 5.69 Å². The number of ether oxygens (including phenoxy) is 1. The molecule has 1 aromatic heterocycles. The quantitative estimate of drug-likeness (QED) is 0.643. The fourth-order valence-electron chi connectivity index (χ4n) is 2.05. The summed E-state index contributed by atoms with van der Waals surface area (Å²) in [5.41, 5.74) is 2.63. The van der Waals surface area contributed by atoms with Gasteiger partial charge in [0.15, 0.2) is 5.69 Å². The highest BCUT2D eigenvalue weighted by Crippen LogP contribution is 2.20. The standard InChI is InChI=1S/C19H23N3O3/c1-5-25-17(23)11-8-13-6-9-14(10-7-13)20-18(24)15-12-16(22-21-15)19(2,3)4/h6-12H,5H2,1-4H3,(H,20,24)(H,21,22). The summed E-state index contributed by atoms with van der Waals surface area (Å²) in [7, 11) is 0. The van der Waals surface area contributed by atoms with Gasteiger partial charge in [-0.15, -0.1) is 0 Å². The number of carbonyl (C=O) groups is 2. The van der Waals surface area contributed by atoms with Crippen molar-refractivity contribution in [1.82, 2.24) is 10.2 Å². The topological polar surface area (TPSA) is 84.1 Å². The number of H-pyrrole nitrogens is 1. The smallest absolute Gasteiger partial charge is 0.330 e. The number of hydrogen-bond acceptors (Lipinski definition) is 4. The van der Waals surface area contributed by atoms with Crippen LogP contribution in [0.3, 0.4) is 0 Å². The molecule has 0 unspecified atom stereocenters. The average molecular weight is 341 g/mol. The van der Waals surface area contributed by atoms with Gasteiger partial charge in [-0.3, -0.25) is 9.89 Å². The van der Waals surface area contributed by atoms with Crippen molar-refractivity contribution in [2.75, 3.05) is 11.9 Å². The van der Waals surface area contributed by atoms with Gasteiger partial charge in [0, 0.05) is 22.9 Å². The van der Waals surface area contributed by atoms with Crippen LogP contribution in [-0.2, 0) is 14.9 Å². The first-order valence-electron chi connectivity index (χ1n) is 8.11. The monoisotopic (exact) mass is 341 g/mol. The summed E-state index contributed by atoms with van der Waals surface area (Å²) in [4.78, 5) is 23.5. The van der Waals surface area contributed by atoms with Crippen molar-refractivity contribution in [1.29, 1.82) is 0 Å². The largest absolute Gasteiger partial charge is 0.463 e. The molecule has 0 aliphatic heterocycles. The zero-order chi connectivity index (χ0) is 18.4. The molecule has 2 N–H and O–H groups in total. The number of anilines is 1. The maximum atomic E-state index is 12.3. The Labute approximate surface area is 147 Å². The Morgan fingerprint density at radius 2 is 1.92 bits per heavy atom. The summed E-state index contributed by atoms with van der Waals surface area (Å²) in [5.74, 6) is -0.658. The number of nitrogens with zero attached hydrogens (tertiary/aromatic N) is 1. The molecular weight excluding hydrogens is 318 g/mol. The number of carbonyl (C=O) groups excluding carboxylic acids is 2. The third-order valence-corrected chi connectivity index (χ3v) is 3.49. The van der Waals surface area contributed by atoms with E-state index >= 15 is 0 Å². The summed E-state index contributed by atoms with van der Waals surface area (Å²) in [6.45, 7) is 8.24. The molecule has 1 heterocycles. The van der Waals surface area contributed by atoms with Gasteiger partial charge in [-0.2, -0.15) is 5.10 Å². The molecule has 0 saturated carbocycles. The number of esters is 1. The Hall–Kier alpha value is -2.89. The minimum atomic E-state index is -0.381. The lowest BCUT2D eigenvalue weighted by Crippen LogP contribution is -2.13. The molecule has 2 aromatic rings. The van der Waals surface area contributed by atoms with Gasteiger partial charge in [-0.1, -0.05) is 32.9 Å². The first-order chi connectivity index (χ1) is 11.8. The van der Waals surface area contributed by atoms with E-state index in [2.05, 4.69) is 15.5 Å². The SMILES string of the molecule is CCOC(=O)C=Cc1ccc(NC(=O)c2cc(C(C)(C)C)[nH]n2)cc1. The van der Waals surface area contributed by atoms with Crippen LogP contribution in [-0.4, -0.2) is 28.7 Å². The minimum Gasteiger partial charge on any atom is -0.463 e. The van der Waals surface area contributed by atoms with Gasteiger partial charge in [0.05, 0.1) is 6.61 Å². The van der Waals surface area contributed by atoms with Crippen LogP contribution in [0.1, 0.15) is 49.4 Å². The molecule has 1 aromatic carbocycles. The number of benzene rings is 1. The van der Waals surface area contributed by atoms with Crippen LogP contribution in [0.15, 0.2) is 36.4 Å². The van der Waals surface area contributed by atoms with Gasteiger partial charge in [0.25, 0.3) is 5.91 Å². The van der Waals surface area contributed by atoms with Crippen LogP contribution in [0, 0.1) is 0 Å². The first kappa shape index (κ1) is 18.4. The average Bonchev–Trinajstić information content (AvgIpc) is 3.05. The molecule has 0 bridgehead atoms. The minimum absolute atomic E-state index is 0.0988. The molecule has 25 heavy (non-hydrogen) atoms. The van der Waals surface area contributed by atoms with Crippen LogP contribution < -0.4 is 5.32 Å². The first-order valence-corrected chi connectivity index (χ1v) is 8.11. The fourth-order valence-corrected chi connectivity index (χ4v) is 2.05. The summed E-state index contributed by atoms with van der Waals surface area (Å²) in [6, 6.07) is 8.89. The van der Waals surface area contributed by atoms with Crippen molar-refractivity contribution in [2.24, 2.45) is 0 Å². The van der Waals surface area contributed by atoms with Gasteiger partial charge in [-0.25, -0.2) is 4.79 Å². The fraction of sp³-hybridized carbons (Fsp3) is 0.316. The van der Waals surface area contributed by atoms with E-state index in [1.165, 1.54) is 6.08 Å². The van der Waals surface area contributed by atoms with Crippen molar-refractivity contribution in [3.8, 4) is 0 Å². The zero-order valence-electron chi connectivity index (χ0n) is 14.9. The molecule has 0 aliphatic rings. The second-order valence-corrected chi connectivity index (χ2v) is 6.58. The predicted octanol–water partition coefficient (Wildman–Crippen LogP) is 3.54. The maximum absolute atomic E-state index is 12.3. The van der Waals surface area contributed by atoms with Gasteiger partial charge in [0.1, 0.15) is 0 Å². The lowest BCUT2D eigenvalue weighted by molar-refractivity contribution is -0.137. The van der Waals surface area contributed by atoms with E-state index in [0.29, 0.717) is 18.0 Å². The molecule has 0 fully saturated rings. The molecule has 132 valence electrons. The molecule has 0 atom stereocenters. The van der Waals surface area contributed by atoms with E-state index < -0.39 is 0 Å². The van der Waals surface area contributed by atoms with E-state index in [1.54, 1.807) is 43.3 Å². The molecule has 0 saturated heterocycles. The molecule has 6 heteroatoms. The van der Waals surface area contributed by atoms with Crippen LogP contribution >= 0.6 is 0 Å². The van der Waals surface area contributed by atoms with Crippen molar-refractivity contribution in [3.05, 3.63) is 53.4 Å². The van der Waals surface area contributed by atoms with Crippen LogP contribution in [0.2, 0.25) is 0 Å². The lowest BCUT2D eigenvalue weighted by Gasteiger charge is -2.14. The highest BCUT2D eigenvalue weighted by molar-refractivity contribution is 6.03. The molecule has 1 amide bonds. The number of rotatable bonds is 5. The third-order valence-electron chi connectivity index (χ3n) is 3.49. The Bertz CT molecular complexity index is 768. The molecule has 2 rings (SSSR count). The summed E-state index contributed by atoms with van der Waals surface area (Å²) in [6.07, 6.45) is 3.03. The van der Waals surface area contributed by atoms with Crippen molar-refractivity contribution >= 4 is 23.6 Å². The van der Waals surface area contributed by atoms with Gasteiger partial charge in [-0.05, 0) is 36.8 Å². The third kappa shape index (κ3) is 5.31. The Morgan fingerprint density at radius 1 is 1.24 bits per heavy atom. The molecule has 0 aliphatic carbocycles. The van der Waals surface area contributed by atoms with Crippen LogP contribution in [0.5, 0.6) is 0 Å². The number of nitrogens with one attached hydrogen (secondary N) is 2. The Morgan fingerprint density at radius 3 is 2.48 bits per heavy atom. The number of amides is 1. The van der Waals surface area contributed by atoms with Gasteiger partial charge >= 0.3 is 5.97 Å². The Balaban J connectivity index is 2.00. The van der Waals surface area contributed by atoms with E-state index in [1.807, 2.05) is 20.8 Å². The summed E-state index contributed by atoms with van der Waals surface area (Å²) < 4.78 is 4.82. The van der Waals surface area contributed by atoms with Crippen LogP contribution in [0.25, 0.3) is 6.08 Å². The number of aromatic amines is 1. The van der Waals surface area contributed by atoms with Crippen molar-refractivity contribution < 1.29 is 14.3 Å². The van der Waals surface area contributed by atoms with Gasteiger partial charge in [0.2, 0.25) is 0 Å². The highest BCUT2D eigenvalue weighted by atomic mass is 16.5. The normalized spacial score (nSPS) is 11.5. The lowest BCUT2D eigenvalue weighted by atomic mass is 9.92. The Kier molecular flexibility index (Phi) is 5.75. The summed E-state index contributed by atoms with van der Waals surface area (Å²) >= 11 is 0. The van der Waals surface area contributed by atoms with E-state index in [9.17, 15) is 9.59 Å².